The van der Waals surface area contributed by atoms with Gasteiger partial charge in [-0.2, -0.15) is 10.3 Å². The lowest BCUT2D eigenvalue weighted by Crippen LogP contribution is -1.95. The van der Waals surface area contributed by atoms with Gasteiger partial charge in [-0.25, -0.2) is 4.98 Å². The van der Waals surface area contributed by atoms with E-state index in [2.05, 4.69) is 20.4 Å². The number of H-pyrrole nitrogens is 1. The Labute approximate surface area is 119 Å². The highest BCUT2D eigenvalue weighted by atomic mass is 32.1. The first-order valence-electron chi connectivity index (χ1n) is 6.02. The number of hydrogen-bond donors (Lipinski definition) is 2. The molecule has 0 aliphatic carbocycles. The fraction of sp³-hybridized carbons (Fsp3) is 0.154. The van der Waals surface area contributed by atoms with Gasteiger partial charge in [0, 0.05) is 5.56 Å². The van der Waals surface area contributed by atoms with Crippen molar-refractivity contribution in [1.82, 2.24) is 20.4 Å². The third-order valence-electron chi connectivity index (χ3n) is 2.90. The van der Waals surface area contributed by atoms with Crippen LogP contribution < -0.4 is 10.5 Å². The zero-order valence-electron chi connectivity index (χ0n) is 10.8. The van der Waals surface area contributed by atoms with Gasteiger partial charge in [-0.1, -0.05) is 12.1 Å². The highest BCUT2D eigenvalue weighted by molar-refractivity contribution is 7.09. The Morgan fingerprint density at radius 2 is 2.25 bits per heavy atom. The average molecular weight is 287 g/mol. The second-order valence-corrected chi connectivity index (χ2v) is 5.17. The van der Waals surface area contributed by atoms with Crippen molar-refractivity contribution >= 4 is 17.2 Å². The van der Waals surface area contributed by atoms with Gasteiger partial charge in [0.05, 0.1) is 16.1 Å². The summed E-state index contributed by atoms with van der Waals surface area (Å²) in [6.45, 7) is 2.48. The van der Waals surface area contributed by atoms with Crippen molar-refractivity contribution in [1.29, 1.82) is 0 Å². The molecule has 0 aliphatic heterocycles. The van der Waals surface area contributed by atoms with Crippen LogP contribution in [0.5, 0.6) is 5.75 Å². The minimum Gasteiger partial charge on any atom is -0.488 e. The summed E-state index contributed by atoms with van der Waals surface area (Å²) in [7, 11) is 0. The second-order valence-electron chi connectivity index (χ2n) is 4.23. The van der Waals surface area contributed by atoms with E-state index in [9.17, 15) is 0 Å². The maximum Gasteiger partial charge on any atom is 0.173 e. The number of nitrogens with two attached hydrogens (primary N) is 1. The van der Waals surface area contributed by atoms with Crippen molar-refractivity contribution in [3.63, 3.8) is 0 Å². The fourth-order valence-electron chi connectivity index (χ4n) is 1.80. The molecule has 7 heteroatoms. The topological polar surface area (TPSA) is 89.7 Å². The van der Waals surface area contributed by atoms with E-state index < -0.39 is 0 Å². The molecule has 0 amide bonds. The average Bonchev–Trinajstić information content (AvgIpc) is 3.05. The Morgan fingerprint density at radius 1 is 1.35 bits per heavy atom. The molecule has 0 aliphatic rings. The van der Waals surface area contributed by atoms with Gasteiger partial charge in [-0.15, -0.1) is 16.4 Å². The number of hydrogen-bond acceptors (Lipinski definition) is 6. The number of rotatable bonds is 4. The van der Waals surface area contributed by atoms with Crippen LogP contribution in [0.15, 0.2) is 29.8 Å². The smallest absolute Gasteiger partial charge is 0.173 e. The molecule has 0 unspecified atom stereocenters. The van der Waals surface area contributed by atoms with Crippen molar-refractivity contribution < 1.29 is 4.74 Å². The molecular formula is C13H13N5OS. The molecule has 2 aromatic heterocycles. The summed E-state index contributed by atoms with van der Waals surface area (Å²) in [5.41, 5.74) is 10.1. The van der Waals surface area contributed by atoms with E-state index in [4.69, 9.17) is 10.5 Å². The highest BCUT2D eigenvalue weighted by Gasteiger charge is 2.08. The van der Waals surface area contributed by atoms with E-state index in [1.54, 1.807) is 11.3 Å². The zero-order chi connectivity index (χ0) is 13.9. The molecule has 20 heavy (non-hydrogen) atoms. The zero-order valence-corrected chi connectivity index (χ0v) is 11.6. The first-order valence-corrected chi connectivity index (χ1v) is 6.90. The quantitative estimate of drug-likeness (QED) is 0.769. The summed E-state index contributed by atoms with van der Waals surface area (Å²) in [6, 6.07) is 7.61. The van der Waals surface area contributed by atoms with Crippen LogP contribution in [0.4, 0.5) is 5.82 Å². The second kappa shape index (κ2) is 5.30. The monoisotopic (exact) mass is 287 g/mol. The highest BCUT2D eigenvalue weighted by Crippen LogP contribution is 2.26. The molecule has 6 nitrogen and oxygen atoms in total. The van der Waals surface area contributed by atoms with Crippen molar-refractivity contribution in [2.24, 2.45) is 0 Å². The Balaban J connectivity index is 1.78. The van der Waals surface area contributed by atoms with Crippen LogP contribution in [0, 0.1) is 6.92 Å². The summed E-state index contributed by atoms with van der Waals surface area (Å²) in [5.74, 6) is 1.14. The predicted octanol–water partition coefficient (Wildman–Crippen LogP) is 2.40. The fourth-order valence-corrected chi connectivity index (χ4v) is 2.49. The van der Waals surface area contributed by atoms with Crippen LogP contribution >= 0.6 is 11.3 Å². The third kappa shape index (κ3) is 2.48. The number of nitrogen functional groups attached to an aromatic ring is 1. The maximum absolute atomic E-state index is 5.78. The van der Waals surface area contributed by atoms with Gasteiger partial charge >= 0.3 is 0 Å². The Kier molecular flexibility index (Phi) is 3.34. The molecule has 0 radical (unpaired) electrons. The van der Waals surface area contributed by atoms with Crippen molar-refractivity contribution in [2.45, 2.75) is 13.5 Å². The van der Waals surface area contributed by atoms with Gasteiger partial charge in [0.1, 0.15) is 18.1 Å². The third-order valence-corrected chi connectivity index (χ3v) is 3.81. The minimum atomic E-state index is 0.375. The number of ether oxygens (including phenoxy) is 1. The summed E-state index contributed by atoms with van der Waals surface area (Å²) < 4.78 is 5.78. The summed E-state index contributed by atoms with van der Waals surface area (Å²) in [5, 5.41) is 10.3. The van der Waals surface area contributed by atoms with Gasteiger partial charge in [-0.3, -0.25) is 0 Å². The lowest BCUT2D eigenvalue weighted by Gasteiger charge is -2.06. The number of aromatic nitrogens is 4. The number of anilines is 1. The molecule has 0 spiro atoms. The molecule has 3 rings (SSSR count). The van der Waals surface area contributed by atoms with Gasteiger partial charge in [0.25, 0.3) is 0 Å². The Hall–Kier alpha value is -2.41. The van der Waals surface area contributed by atoms with E-state index in [0.29, 0.717) is 18.1 Å². The molecule has 3 aromatic rings. The number of aryl methyl sites for hydroxylation is 1. The summed E-state index contributed by atoms with van der Waals surface area (Å²) in [4.78, 5) is 5.32. The van der Waals surface area contributed by atoms with E-state index in [-0.39, 0.29) is 0 Å². The van der Waals surface area contributed by atoms with Gasteiger partial charge in [0.15, 0.2) is 5.82 Å². The van der Waals surface area contributed by atoms with Crippen LogP contribution in [0.1, 0.15) is 10.6 Å². The number of nitrogens with zero attached hydrogens (tertiary/aromatic N) is 3. The lowest BCUT2D eigenvalue weighted by molar-refractivity contribution is 0.309. The number of nitrogens with one attached hydrogen (secondary N) is 1. The number of thiazole rings is 1. The Morgan fingerprint density at radius 3 is 2.95 bits per heavy atom. The molecular weight excluding hydrogens is 274 g/mol. The van der Waals surface area contributed by atoms with Crippen LogP contribution in [0.25, 0.3) is 11.3 Å². The van der Waals surface area contributed by atoms with Crippen molar-refractivity contribution in [3.05, 3.63) is 40.3 Å². The Bertz CT molecular complexity index is 721. The normalized spacial score (nSPS) is 10.7. The molecule has 3 N–H and O–H groups in total. The standard InChI is InChI=1S/C13H13N5OS/c1-8-11(20-7-15-8)6-19-10-4-2-3-9(5-10)12-13(14)17-18-16-12/h2-5,7H,6H2,1H3,(H3,14,16,17,18). The largest absolute Gasteiger partial charge is 0.488 e. The lowest BCUT2D eigenvalue weighted by atomic mass is 10.1. The van der Waals surface area contributed by atoms with Gasteiger partial charge in [0.2, 0.25) is 0 Å². The molecule has 2 heterocycles. The van der Waals surface area contributed by atoms with E-state index in [1.165, 1.54) is 0 Å². The molecule has 0 bridgehead atoms. The molecule has 1 aromatic carbocycles. The first-order chi connectivity index (χ1) is 9.74. The first kappa shape index (κ1) is 12.6. The van der Waals surface area contributed by atoms with Crippen LogP contribution in [-0.4, -0.2) is 20.4 Å². The van der Waals surface area contributed by atoms with Crippen LogP contribution in [0.2, 0.25) is 0 Å². The molecule has 0 atom stereocenters. The molecule has 0 saturated carbocycles. The van der Waals surface area contributed by atoms with Crippen molar-refractivity contribution in [2.75, 3.05) is 5.73 Å². The number of benzene rings is 1. The molecule has 0 fully saturated rings. The summed E-state index contributed by atoms with van der Waals surface area (Å²) in [6.07, 6.45) is 0. The SMILES string of the molecule is Cc1ncsc1COc1cccc(-c2n[nH]nc2N)c1. The minimum absolute atomic E-state index is 0.375. The van der Waals surface area contributed by atoms with E-state index in [0.717, 1.165) is 21.9 Å². The molecule has 102 valence electrons. The maximum atomic E-state index is 5.78. The van der Waals surface area contributed by atoms with Crippen molar-refractivity contribution in [3.8, 4) is 17.0 Å². The molecule has 0 saturated heterocycles. The van der Waals surface area contributed by atoms with Gasteiger partial charge in [-0.05, 0) is 19.1 Å². The van der Waals surface area contributed by atoms with Crippen LogP contribution in [0.3, 0.4) is 0 Å². The number of aromatic amines is 1. The van der Waals surface area contributed by atoms with Crippen LogP contribution in [-0.2, 0) is 6.61 Å². The predicted molar refractivity (Wildman–Crippen MR) is 77.4 cm³/mol. The van der Waals surface area contributed by atoms with E-state index in [1.807, 2.05) is 36.7 Å². The van der Waals surface area contributed by atoms with Gasteiger partial charge < -0.3 is 10.5 Å². The van der Waals surface area contributed by atoms with E-state index >= 15 is 0 Å². The summed E-state index contributed by atoms with van der Waals surface area (Å²) >= 11 is 1.59.